The number of aromatic nitrogens is 4. The monoisotopic (exact) mass is 110 g/mol. The van der Waals surface area contributed by atoms with Crippen molar-refractivity contribution in [3.63, 3.8) is 0 Å². The average molecular weight is 110 g/mol. The van der Waals surface area contributed by atoms with Gasteiger partial charge in [0.25, 0.3) is 0 Å². The highest BCUT2D eigenvalue weighted by molar-refractivity contribution is 5.64. The number of H-pyrrole nitrogens is 1. The number of aromatic amines is 1. The Bertz CT molecular complexity index is 233. The van der Waals surface area contributed by atoms with Crippen LogP contribution in [-0.2, 0) is 0 Å². The highest BCUT2D eigenvalue weighted by atomic mass is 16.5. The van der Waals surface area contributed by atoms with E-state index in [2.05, 4.69) is 25.1 Å². The van der Waals surface area contributed by atoms with Crippen LogP contribution in [0.1, 0.15) is 0 Å². The van der Waals surface area contributed by atoms with E-state index in [1.807, 2.05) is 0 Å². The second-order valence-corrected chi connectivity index (χ2v) is 1.36. The van der Waals surface area contributed by atoms with E-state index >= 15 is 0 Å². The Hall–Kier alpha value is -1.39. The van der Waals surface area contributed by atoms with Gasteiger partial charge in [-0.3, -0.25) is 5.10 Å². The molecular formula is C3H2N4O. The number of hydrogen-bond acceptors (Lipinski definition) is 4. The van der Waals surface area contributed by atoms with Crippen molar-refractivity contribution in [1.29, 1.82) is 0 Å². The molecule has 0 aromatic carbocycles. The van der Waals surface area contributed by atoms with Gasteiger partial charge in [0.15, 0.2) is 0 Å². The molecule has 0 aliphatic heterocycles. The lowest BCUT2D eigenvalue weighted by molar-refractivity contribution is 0.423. The van der Waals surface area contributed by atoms with Crippen LogP contribution >= 0.6 is 0 Å². The Balaban J connectivity index is 3.06. The molecule has 5 heteroatoms. The molecule has 0 saturated carbocycles. The molecule has 2 rings (SSSR count). The molecule has 2 aromatic heterocycles. The van der Waals surface area contributed by atoms with Crippen molar-refractivity contribution in [3.05, 3.63) is 6.20 Å². The number of nitrogens with one attached hydrogen (secondary N) is 1. The zero-order valence-corrected chi connectivity index (χ0v) is 3.83. The van der Waals surface area contributed by atoms with Crippen LogP contribution in [0.5, 0.6) is 0 Å². The van der Waals surface area contributed by atoms with Crippen LogP contribution in [0.4, 0.5) is 0 Å². The first-order valence-electron chi connectivity index (χ1n) is 2.08. The molecule has 0 amide bonds. The summed E-state index contributed by atoms with van der Waals surface area (Å²) in [4.78, 5) is 0. The molecule has 5 nitrogen and oxygen atoms in total. The minimum Gasteiger partial charge on any atom is -0.333 e. The lowest BCUT2D eigenvalue weighted by Crippen LogP contribution is -1.68. The summed E-state index contributed by atoms with van der Waals surface area (Å²) in [6.07, 6.45) is 1.52. The largest absolute Gasteiger partial charge is 0.333 e. The minimum atomic E-state index is 0.588. The molecule has 2 heterocycles. The molecule has 0 radical (unpaired) electrons. The van der Waals surface area contributed by atoms with Crippen LogP contribution in [0.3, 0.4) is 0 Å². The third-order valence-corrected chi connectivity index (χ3v) is 0.866. The number of rotatable bonds is 0. The SMILES string of the molecule is c1n[nH]c2nnoc12. The van der Waals surface area contributed by atoms with Gasteiger partial charge in [-0.1, -0.05) is 5.10 Å². The van der Waals surface area contributed by atoms with E-state index in [1.54, 1.807) is 0 Å². The molecule has 0 fully saturated rings. The average Bonchev–Trinajstić information content (AvgIpc) is 2.15. The lowest BCUT2D eigenvalue weighted by Gasteiger charge is -1.58. The number of hydrogen-bond donors (Lipinski definition) is 1. The van der Waals surface area contributed by atoms with Gasteiger partial charge >= 0.3 is 0 Å². The van der Waals surface area contributed by atoms with Crippen LogP contribution < -0.4 is 0 Å². The number of fused-ring (bicyclic) bond motifs is 1. The third-order valence-electron chi connectivity index (χ3n) is 0.866. The van der Waals surface area contributed by atoms with Gasteiger partial charge in [0, 0.05) is 5.27 Å². The van der Waals surface area contributed by atoms with Crippen molar-refractivity contribution in [1.82, 2.24) is 20.6 Å². The summed E-state index contributed by atoms with van der Waals surface area (Å²) in [5.74, 6) is 0. The molecule has 2 aromatic rings. The predicted molar refractivity (Wildman–Crippen MR) is 23.9 cm³/mol. The van der Waals surface area contributed by atoms with Crippen LogP contribution in [-0.4, -0.2) is 20.6 Å². The van der Waals surface area contributed by atoms with Gasteiger partial charge in [-0.05, 0) is 0 Å². The van der Waals surface area contributed by atoms with E-state index in [9.17, 15) is 0 Å². The van der Waals surface area contributed by atoms with Crippen molar-refractivity contribution >= 4 is 11.2 Å². The van der Waals surface area contributed by atoms with Crippen LogP contribution in [0, 0.1) is 0 Å². The second kappa shape index (κ2) is 1.06. The molecule has 8 heavy (non-hydrogen) atoms. The first kappa shape index (κ1) is 3.59. The highest BCUT2D eigenvalue weighted by Crippen LogP contribution is 2.01. The second-order valence-electron chi connectivity index (χ2n) is 1.36. The van der Waals surface area contributed by atoms with E-state index in [4.69, 9.17) is 0 Å². The third kappa shape index (κ3) is 0.281. The van der Waals surface area contributed by atoms with Crippen LogP contribution in [0.25, 0.3) is 11.2 Å². The Kier molecular flexibility index (Phi) is 0.476. The van der Waals surface area contributed by atoms with Crippen molar-refractivity contribution < 1.29 is 4.52 Å². The molecule has 0 bridgehead atoms. The minimum absolute atomic E-state index is 0.588. The smallest absolute Gasteiger partial charge is 0.225 e. The summed E-state index contributed by atoms with van der Waals surface area (Å²) in [5.41, 5.74) is 1.18. The van der Waals surface area contributed by atoms with Gasteiger partial charge in [-0.25, -0.2) is 0 Å². The predicted octanol–water partition coefficient (Wildman–Crippen LogP) is -0.0541. The summed E-state index contributed by atoms with van der Waals surface area (Å²) >= 11 is 0. The molecule has 0 atom stereocenters. The van der Waals surface area contributed by atoms with Crippen molar-refractivity contribution in [3.8, 4) is 0 Å². The summed E-state index contributed by atoms with van der Waals surface area (Å²) in [6.45, 7) is 0. The van der Waals surface area contributed by atoms with E-state index < -0.39 is 0 Å². The van der Waals surface area contributed by atoms with Crippen molar-refractivity contribution in [2.45, 2.75) is 0 Å². The van der Waals surface area contributed by atoms with Gasteiger partial charge in [-0.2, -0.15) is 5.10 Å². The molecule has 0 aliphatic rings. The molecule has 0 spiro atoms. The zero-order chi connectivity index (χ0) is 5.40. The fraction of sp³-hybridized carbons (Fsp3) is 0. The van der Waals surface area contributed by atoms with Crippen LogP contribution in [0.2, 0.25) is 0 Å². The molecule has 0 aliphatic carbocycles. The maximum atomic E-state index is 4.60. The van der Waals surface area contributed by atoms with Gasteiger partial charge in [0.05, 0.1) is 6.20 Å². The Morgan fingerprint density at radius 2 is 2.62 bits per heavy atom. The molecule has 0 saturated heterocycles. The van der Waals surface area contributed by atoms with E-state index in [0.717, 1.165) is 0 Å². The topological polar surface area (TPSA) is 67.6 Å². The fourth-order valence-electron chi connectivity index (χ4n) is 0.512. The zero-order valence-electron chi connectivity index (χ0n) is 3.83. The summed E-state index contributed by atoms with van der Waals surface area (Å²) < 4.78 is 4.60. The summed E-state index contributed by atoms with van der Waals surface area (Å²) in [6, 6.07) is 0. The quantitative estimate of drug-likeness (QED) is 0.516. The maximum Gasteiger partial charge on any atom is 0.225 e. The lowest BCUT2D eigenvalue weighted by atomic mass is 10.7. The van der Waals surface area contributed by atoms with E-state index in [0.29, 0.717) is 11.2 Å². The Morgan fingerprint density at radius 1 is 1.62 bits per heavy atom. The standard InChI is InChI=1S/C3H2N4O/c1-2-3(5-4-1)6-7-8-2/h1H,(H,4,5). The number of nitrogens with zero attached hydrogens (tertiary/aromatic N) is 3. The van der Waals surface area contributed by atoms with E-state index in [1.165, 1.54) is 6.20 Å². The summed E-state index contributed by atoms with van der Waals surface area (Å²) in [7, 11) is 0. The van der Waals surface area contributed by atoms with Gasteiger partial charge in [-0.15, -0.1) is 0 Å². The summed E-state index contributed by atoms with van der Waals surface area (Å²) in [5, 5.41) is 13.0. The molecule has 40 valence electrons. The van der Waals surface area contributed by atoms with E-state index in [-0.39, 0.29) is 0 Å². The van der Waals surface area contributed by atoms with Crippen molar-refractivity contribution in [2.24, 2.45) is 0 Å². The fourth-order valence-corrected chi connectivity index (χ4v) is 0.512. The van der Waals surface area contributed by atoms with Gasteiger partial charge < -0.3 is 4.52 Å². The Labute approximate surface area is 43.7 Å². The van der Waals surface area contributed by atoms with Crippen LogP contribution in [0.15, 0.2) is 10.7 Å². The Morgan fingerprint density at radius 3 is 3.50 bits per heavy atom. The van der Waals surface area contributed by atoms with Crippen molar-refractivity contribution in [2.75, 3.05) is 0 Å². The first-order valence-corrected chi connectivity index (χ1v) is 2.08. The normalized spacial score (nSPS) is 10.5. The van der Waals surface area contributed by atoms with Gasteiger partial charge in [0.2, 0.25) is 11.2 Å². The van der Waals surface area contributed by atoms with Gasteiger partial charge in [0.1, 0.15) is 0 Å². The maximum absolute atomic E-state index is 4.60. The molecule has 0 unspecified atom stereocenters. The highest BCUT2D eigenvalue weighted by Gasteiger charge is 1.97. The molecular weight excluding hydrogens is 108 g/mol. The molecule has 1 N–H and O–H groups in total. The first-order chi connectivity index (χ1) is 3.97.